The van der Waals surface area contributed by atoms with Crippen LogP contribution in [-0.4, -0.2) is 67.0 Å². The van der Waals surface area contributed by atoms with Crippen LogP contribution >= 0.6 is 0 Å². The molecule has 0 bridgehead atoms. The molecule has 3 atom stereocenters. The van der Waals surface area contributed by atoms with Gasteiger partial charge in [-0.3, -0.25) is 19.1 Å². The number of carbonyl (C=O) groups excluding carboxylic acids is 1. The molecule has 0 aliphatic carbocycles. The van der Waals surface area contributed by atoms with Crippen LogP contribution in [-0.2, 0) is 20.0 Å². The largest absolute Gasteiger partial charge is 0.394 e. The first-order chi connectivity index (χ1) is 12.3. The van der Waals surface area contributed by atoms with E-state index in [1.807, 2.05) is 0 Å². The van der Waals surface area contributed by atoms with Crippen molar-refractivity contribution < 1.29 is 24.5 Å². The van der Waals surface area contributed by atoms with Crippen molar-refractivity contribution in [1.82, 2.24) is 19.5 Å². The molecule has 5 N–H and O–H groups in total. The third-order valence-corrected chi connectivity index (χ3v) is 4.24. The second-order valence-electron chi connectivity index (χ2n) is 6.42. The number of H-pyrrole nitrogens is 1. The highest BCUT2D eigenvalue weighted by Gasteiger charge is 2.53. The molecular formula is C15H21N5O6. The van der Waals surface area contributed by atoms with Gasteiger partial charge in [-0.15, -0.1) is 0 Å². The van der Waals surface area contributed by atoms with Crippen LogP contribution in [0.1, 0.15) is 20.3 Å². The maximum absolute atomic E-state index is 13.0. The number of aromatic amines is 1. The Morgan fingerprint density at radius 2 is 2.35 bits per heavy atom. The molecule has 0 amide bonds. The van der Waals surface area contributed by atoms with E-state index < -0.39 is 35.9 Å². The van der Waals surface area contributed by atoms with Gasteiger partial charge in [0.25, 0.3) is 5.56 Å². The molecule has 2 aromatic heterocycles. The zero-order chi connectivity index (χ0) is 19.1. The summed E-state index contributed by atoms with van der Waals surface area (Å²) in [5.41, 5.74) is 3.33. The van der Waals surface area contributed by atoms with Gasteiger partial charge in [0.2, 0.25) is 17.5 Å². The summed E-state index contributed by atoms with van der Waals surface area (Å²) in [6, 6.07) is 0. The van der Waals surface area contributed by atoms with Crippen LogP contribution in [0.15, 0.2) is 11.1 Å². The summed E-state index contributed by atoms with van der Waals surface area (Å²) in [5, 5.41) is 19.6. The Balaban J connectivity index is 2.13. The first-order valence-electron chi connectivity index (χ1n) is 8.13. The highest BCUT2D eigenvalue weighted by molar-refractivity contribution is 5.88. The van der Waals surface area contributed by atoms with E-state index in [2.05, 4.69) is 15.0 Å². The highest BCUT2D eigenvalue weighted by atomic mass is 16.6. The lowest BCUT2D eigenvalue weighted by atomic mass is 10.0. The number of carbonyl (C=O) groups is 1. The number of hydrogen-bond donors (Lipinski definition) is 4. The topological polar surface area (TPSA) is 166 Å². The monoisotopic (exact) mass is 367 g/mol. The third-order valence-electron chi connectivity index (χ3n) is 4.24. The number of nitrogens with two attached hydrogens (primary N) is 1. The fraction of sp³-hybridized carbons (Fsp3) is 0.600. The van der Waals surface area contributed by atoms with Crippen LogP contribution < -0.4 is 11.3 Å². The van der Waals surface area contributed by atoms with E-state index in [1.165, 1.54) is 10.9 Å². The van der Waals surface area contributed by atoms with Gasteiger partial charge in [0.15, 0.2) is 11.2 Å². The van der Waals surface area contributed by atoms with E-state index >= 15 is 0 Å². The van der Waals surface area contributed by atoms with Gasteiger partial charge in [0.05, 0.1) is 18.8 Å². The number of ether oxygens (including phenoxy) is 2. The summed E-state index contributed by atoms with van der Waals surface area (Å²) < 4.78 is 12.4. The van der Waals surface area contributed by atoms with E-state index in [0.717, 1.165) is 0 Å². The second kappa shape index (κ2) is 6.76. The summed E-state index contributed by atoms with van der Waals surface area (Å²) in [5.74, 6) is -0.649. The van der Waals surface area contributed by atoms with Crippen molar-refractivity contribution in [3.05, 3.63) is 16.7 Å². The minimum atomic E-state index is -1.72. The number of ketones is 1. The number of aromatic nitrogens is 4. The molecule has 0 spiro atoms. The summed E-state index contributed by atoms with van der Waals surface area (Å²) in [6.07, 6.45) is -1.20. The third kappa shape index (κ3) is 2.98. The standard InChI is InChI=1S/C15H21N5O6/c1-7(2)25-5-10(23)15(3-8(22)9(4-21)26-15)20-6-17-11-12(20)18-14(16)19-13(11)24/h6-9,21-22H,3-5H2,1-2H3,(H3,16,18,19,24)/t8-,9+,15-/m0/s1. The lowest BCUT2D eigenvalue weighted by molar-refractivity contribution is -0.166. The van der Waals surface area contributed by atoms with Crippen molar-refractivity contribution in [3.63, 3.8) is 0 Å². The number of nitrogens with zero attached hydrogens (tertiary/aromatic N) is 3. The van der Waals surface area contributed by atoms with Crippen LogP contribution in [0.3, 0.4) is 0 Å². The van der Waals surface area contributed by atoms with E-state index in [0.29, 0.717) is 0 Å². The van der Waals surface area contributed by atoms with Crippen molar-refractivity contribution >= 4 is 22.9 Å². The number of anilines is 1. The molecule has 1 aliphatic heterocycles. The molecule has 0 aromatic carbocycles. The Kier molecular flexibility index (Phi) is 4.80. The van der Waals surface area contributed by atoms with Crippen LogP contribution in [0, 0.1) is 0 Å². The van der Waals surface area contributed by atoms with E-state index in [4.69, 9.17) is 15.2 Å². The molecule has 142 valence electrons. The quantitative estimate of drug-likeness (QED) is 0.475. The van der Waals surface area contributed by atoms with Gasteiger partial charge >= 0.3 is 0 Å². The van der Waals surface area contributed by atoms with Gasteiger partial charge in [-0.05, 0) is 13.8 Å². The maximum Gasteiger partial charge on any atom is 0.280 e. The first kappa shape index (κ1) is 18.5. The van der Waals surface area contributed by atoms with Crippen LogP contribution in [0.5, 0.6) is 0 Å². The zero-order valence-corrected chi connectivity index (χ0v) is 14.4. The molecule has 11 nitrogen and oxygen atoms in total. The van der Waals surface area contributed by atoms with Crippen molar-refractivity contribution in [1.29, 1.82) is 0 Å². The minimum absolute atomic E-state index is 0.0262. The highest BCUT2D eigenvalue weighted by Crippen LogP contribution is 2.37. The number of imidazole rings is 1. The van der Waals surface area contributed by atoms with Crippen molar-refractivity contribution in [2.75, 3.05) is 18.9 Å². The number of nitrogens with one attached hydrogen (secondary N) is 1. The normalized spacial score (nSPS) is 26.0. The molecule has 11 heteroatoms. The first-order valence-corrected chi connectivity index (χ1v) is 8.13. The molecule has 3 heterocycles. The number of rotatable bonds is 6. The molecular weight excluding hydrogens is 346 g/mol. The van der Waals surface area contributed by atoms with Crippen LogP contribution in [0.2, 0.25) is 0 Å². The Hall–Kier alpha value is -2.34. The van der Waals surface area contributed by atoms with Crippen LogP contribution in [0.25, 0.3) is 11.2 Å². The molecule has 1 fully saturated rings. The van der Waals surface area contributed by atoms with Crippen molar-refractivity contribution in [2.24, 2.45) is 0 Å². The average Bonchev–Trinajstić information content (AvgIpc) is 3.14. The van der Waals surface area contributed by atoms with E-state index in [1.54, 1.807) is 13.8 Å². The Bertz CT molecular complexity index is 877. The zero-order valence-electron chi connectivity index (χ0n) is 14.4. The maximum atomic E-state index is 13.0. The van der Waals surface area contributed by atoms with Crippen molar-refractivity contribution in [3.8, 4) is 0 Å². The Morgan fingerprint density at radius 3 is 2.96 bits per heavy atom. The smallest absolute Gasteiger partial charge is 0.280 e. The predicted molar refractivity (Wildman–Crippen MR) is 89.2 cm³/mol. The van der Waals surface area contributed by atoms with Gasteiger partial charge in [-0.25, -0.2) is 4.98 Å². The molecule has 26 heavy (non-hydrogen) atoms. The summed E-state index contributed by atoms with van der Waals surface area (Å²) in [7, 11) is 0. The second-order valence-corrected chi connectivity index (χ2v) is 6.42. The summed E-state index contributed by atoms with van der Waals surface area (Å²) >= 11 is 0. The molecule has 0 radical (unpaired) electrons. The van der Waals surface area contributed by atoms with E-state index in [9.17, 15) is 19.8 Å². The molecule has 2 aromatic rings. The Morgan fingerprint density at radius 1 is 1.62 bits per heavy atom. The molecule has 1 aliphatic rings. The lowest BCUT2D eigenvalue weighted by Crippen LogP contribution is -2.45. The van der Waals surface area contributed by atoms with Crippen LogP contribution in [0.4, 0.5) is 5.95 Å². The average molecular weight is 367 g/mol. The van der Waals surface area contributed by atoms with E-state index in [-0.39, 0.29) is 36.2 Å². The van der Waals surface area contributed by atoms with Gasteiger partial charge < -0.3 is 25.4 Å². The Labute approximate surface area is 147 Å². The lowest BCUT2D eigenvalue weighted by Gasteiger charge is -2.29. The predicted octanol–water partition coefficient (Wildman–Crippen LogP) is -1.51. The van der Waals surface area contributed by atoms with Crippen molar-refractivity contribution in [2.45, 2.75) is 44.3 Å². The SMILES string of the molecule is CC(C)OCC(=O)[C@]1(n2cnc3c(=O)[nH]c(N)nc32)C[C@H](O)[C@@H](CO)O1. The number of aliphatic hydroxyl groups excluding tert-OH is 2. The summed E-state index contributed by atoms with van der Waals surface area (Å²) in [4.78, 5) is 35.3. The van der Waals surface area contributed by atoms with Gasteiger partial charge in [-0.2, -0.15) is 4.98 Å². The molecule has 3 rings (SSSR count). The summed E-state index contributed by atoms with van der Waals surface area (Å²) in [6.45, 7) is 2.77. The number of nitrogen functional groups attached to an aromatic ring is 1. The number of hydrogen-bond acceptors (Lipinski definition) is 9. The molecule has 1 saturated heterocycles. The van der Waals surface area contributed by atoms with Gasteiger partial charge in [0.1, 0.15) is 19.0 Å². The molecule has 0 saturated carbocycles. The number of fused-ring (bicyclic) bond motifs is 1. The number of aliphatic hydroxyl groups is 2. The van der Waals surface area contributed by atoms with Gasteiger partial charge in [0, 0.05) is 6.42 Å². The fourth-order valence-electron chi connectivity index (χ4n) is 2.97. The van der Waals surface area contributed by atoms with Gasteiger partial charge in [-0.1, -0.05) is 0 Å². The fourth-order valence-corrected chi connectivity index (χ4v) is 2.97. The molecule has 0 unspecified atom stereocenters. The number of Topliss-reactive ketones (excluding diaryl/α,β-unsaturated/α-hetero) is 1. The minimum Gasteiger partial charge on any atom is -0.394 e.